The normalized spacial score (nSPS) is 20.6. The second-order valence-corrected chi connectivity index (χ2v) is 5.09. The van der Waals surface area contributed by atoms with E-state index in [-0.39, 0.29) is 5.78 Å². The zero-order chi connectivity index (χ0) is 12.1. The highest BCUT2D eigenvalue weighted by Crippen LogP contribution is 2.15. The van der Waals surface area contributed by atoms with Crippen LogP contribution in [-0.4, -0.2) is 30.3 Å². The molecule has 2 rings (SSSR count). The second kappa shape index (κ2) is 5.97. The van der Waals surface area contributed by atoms with E-state index in [4.69, 9.17) is 0 Å². The average Bonchev–Trinajstić information content (AvgIpc) is 2.76. The Labute approximate surface area is 104 Å². The lowest BCUT2D eigenvalue weighted by atomic mass is 10.1. The monoisotopic (exact) mass is 231 g/mol. The summed E-state index contributed by atoms with van der Waals surface area (Å²) < 4.78 is 0. The molecule has 0 aliphatic carbocycles. The smallest absolute Gasteiger partial charge is 0.162 e. The van der Waals surface area contributed by atoms with Crippen molar-refractivity contribution in [1.82, 2.24) is 4.90 Å². The highest BCUT2D eigenvalue weighted by Gasteiger charge is 2.18. The lowest BCUT2D eigenvalue weighted by Crippen LogP contribution is -2.22. The van der Waals surface area contributed by atoms with Gasteiger partial charge in [0, 0.05) is 18.5 Å². The number of rotatable bonds is 5. The van der Waals surface area contributed by atoms with Crippen molar-refractivity contribution in [2.75, 3.05) is 19.6 Å². The minimum Gasteiger partial charge on any atom is -0.303 e. The molecule has 1 fully saturated rings. The van der Waals surface area contributed by atoms with Crippen molar-refractivity contribution in [1.29, 1.82) is 0 Å². The fraction of sp³-hybridized carbons (Fsp3) is 0.533. The standard InChI is InChI=1S/C15H21NO/c1-13-9-11-16(12-13)10-5-8-15(17)14-6-3-2-4-7-14/h2-4,6-7,13H,5,8-12H2,1H3. The zero-order valence-electron chi connectivity index (χ0n) is 10.6. The van der Waals surface area contributed by atoms with E-state index in [0.29, 0.717) is 6.42 Å². The van der Waals surface area contributed by atoms with Gasteiger partial charge in [-0.15, -0.1) is 0 Å². The van der Waals surface area contributed by atoms with Gasteiger partial charge >= 0.3 is 0 Å². The third kappa shape index (κ3) is 3.67. The molecule has 1 aliphatic heterocycles. The Bertz CT molecular complexity index is 360. The second-order valence-electron chi connectivity index (χ2n) is 5.09. The number of nitrogens with zero attached hydrogens (tertiary/aromatic N) is 1. The minimum absolute atomic E-state index is 0.276. The van der Waals surface area contributed by atoms with Crippen molar-refractivity contribution in [3.05, 3.63) is 35.9 Å². The van der Waals surface area contributed by atoms with Crippen molar-refractivity contribution < 1.29 is 4.79 Å². The van der Waals surface area contributed by atoms with E-state index in [1.54, 1.807) is 0 Å². The van der Waals surface area contributed by atoms with Crippen LogP contribution in [-0.2, 0) is 0 Å². The first-order chi connectivity index (χ1) is 8.25. The zero-order valence-corrected chi connectivity index (χ0v) is 10.6. The molecular weight excluding hydrogens is 210 g/mol. The van der Waals surface area contributed by atoms with Crippen molar-refractivity contribution in [3.8, 4) is 0 Å². The molecule has 0 spiro atoms. The lowest BCUT2D eigenvalue weighted by molar-refractivity contribution is 0.0976. The highest BCUT2D eigenvalue weighted by molar-refractivity contribution is 5.95. The molecule has 1 saturated heterocycles. The summed E-state index contributed by atoms with van der Waals surface area (Å²) in [7, 11) is 0. The fourth-order valence-electron chi connectivity index (χ4n) is 2.46. The predicted molar refractivity (Wildman–Crippen MR) is 70.2 cm³/mol. The first kappa shape index (κ1) is 12.3. The Hall–Kier alpha value is -1.15. The van der Waals surface area contributed by atoms with Crippen LogP contribution in [0.4, 0.5) is 0 Å². The van der Waals surface area contributed by atoms with Crippen LogP contribution in [0.3, 0.4) is 0 Å². The van der Waals surface area contributed by atoms with E-state index in [2.05, 4.69) is 11.8 Å². The summed E-state index contributed by atoms with van der Waals surface area (Å²) in [4.78, 5) is 14.3. The minimum atomic E-state index is 0.276. The van der Waals surface area contributed by atoms with Crippen LogP contribution in [0.15, 0.2) is 30.3 Å². The highest BCUT2D eigenvalue weighted by atomic mass is 16.1. The molecule has 0 amide bonds. The molecule has 0 radical (unpaired) electrons. The average molecular weight is 231 g/mol. The number of Topliss-reactive ketones (excluding diaryl/α,β-unsaturated/α-hetero) is 1. The first-order valence-electron chi connectivity index (χ1n) is 6.56. The molecule has 2 nitrogen and oxygen atoms in total. The SMILES string of the molecule is CC1CCN(CCCC(=O)c2ccccc2)C1. The van der Waals surface area contributed by atoms with E-state index in [0.717, 1.165) is 24.4 Å². The Morgan fingerprint density at radius 1 is 1.35 bits per heavy atom. The van der Waals surface area contributed by atoms with Gasteiger partial charge in [0.15, 0.2) is 5.78 Å². The molecule has 1 aromatic rings. The summed E-state index contributed by atoms with van der Waals surface area (Å²) in [6.07, 6.45) is 2.97. The third-order valence-electron chi connectivity index (χ3n) is 3.48. The van der Waals surface area contributed by atoms with E-state index in [1.165, 1.54) is 19.5 Å². The molecule has 0 N–H and O–H groups in total. The number of carbonyl (C=O) groups excluding carboxylic acids is 1. The Kier molecular flexibility index (Phi) is 4.32. The fourth-order valence-corrected chi connectivity index (χ4v) is 2.46. The lowest BCUT2D eigenvalue weighted by Gasteiger charge is -2.14. The molecule has 17 heavy (non-hydrogen) atoms. The van der Waals surface area contributed by atoms with Gasteiger partial charge in [-0.2, -0.15) is 0 Å². The molecule has 2 heteroatoms. The van der Waals surface area contributed by atoms with Crippen LogP contribution in [0.1, 0.15) is 36.5 Å². The predicted octanol–water partition coefficient (Wildman–Crippen LogP) is 2.99. The Morgan fingerprint density at radius 2 is 2.12 bits per heavy atom. The van der Waals surface area contributed by atoms with Gasteiger partial charge < -0.3 is 4.90 Å². The summed E-state index contributed by atoms with van der Waals surface area (Å²) in [5.41, 5.74) is 0.849. The van der Waals surface area contributed by atoms with Crippen LogP contribution in [0.25, 0.3) is 0 Å². The number of benzene rings is 1. The maximum Gasteiger partial charge on any atom is 0.162 e. The van der Waals surface area contributed by atoms with Crippen LogP contribution in [0.5, 0.6) is 0 Å². The summed E-state index contributed by atoms with van der Waals surface area (Å²) in [6, 6.07) is 9.60. The third-order valence-corrected chi connectivity index (χ3v) is 3.48. The number of likely N-dealkylation sites (tertiary alicyclic amines) is 1. The van der Waals surface area contributed by atoms with Gasteiger partial charge in [0.1, 0.15) is 0 Å². The molecule has 92 valence electrons. The van der Waals surface area contributed by atoms with E-state index in [9.17, 15) is 4.79 Å². The van der Waals surface area contributed by atoms with E-state index >= 15 is 0 Å². The van der Waals surface area contributed by atoms with Crippen LogP contribution in [0.2, 0.25) is 0 Å². The number of ketones is 1. The van der Waals surface area contributed by atoms with Crippen LogP contribution < -0.4 is 0 Å². The number of hydrogen-bond donors (Lipinski definition) is 0. The summed E-state index contributed by atoms with van der Waals surface area (Å²) >= 11 is 0. The molecule has 1 unspecified atom stereocenters. The topological polar surface area (TPSA) is 20.3 Å². The van der Waals surface area contributed by atoms with Gasteiger partial charge in [-0.25, -0.2) is 0 Å². The largest absolute Gasteiger partial charge is 0.303 e. The van der Waals surface area contributed by atoms with Crippen molar-refractivity contribution >= 4 is 5.78 Å². The Morgan fingerprint density at radius 3 is 2.76 bits per heavy atom. The number of carbonyl (C=O) groups is 1. The van der Waals surface area contributed by atoms with Gasteiger partial charge in [-0.3, -0.25) is 4.79 Å². The van der Waals surface area contributed by atoms with Crippen LogP contribution >= 0.6 is 0 Å². The van der Waals surface area contributed by atoms with Gasteiger partial charge in [-0.1, -0.05) is 37.3 Å². The van der Waals surface area contributed by atoms with Crippen molar-refractivity contribution in [2.24, 2.45) is 5.92 Å². The summed E-state index contributed by atoms with van der Waals surface area (Å²) in [5, 5.41) is 0. The molecule has 0 bridgehead atoms. The maximum atomic E-state index is 11.9. The van der Waals surface area contributed by atoms with Gasteiger partial charge in [0.2, 0.25) is 0 Å². The summed E-state index contributed by atoms with van der Waals surface area (Å²) in [5.74, 6) is 1.11. The quantitative estimate of drug-likeness (QED) is 0.726. The molecular formula is C15H21NO. The van der Waals surface area contributed by atoms with Crippen LogP contribution in [0, 0.1) is 5.92 Å². The van der Waals surface area contributed by atoms with Gasteiger partial charge in [0.05, 0.1) is 0 Å². The van der Waals surface area contributed by atoms with Crippen molar-refractivity contribution in [3.63, 3.8) is 0 Å². The van der Waals surface area contributed by atoms with Gasteiger partial charge in [-0.05, 0) is 31.8 Å². The van der Waals surface area contributed by atoms with Crippen molar-refractivity contribution in [2.45, 2.75) is 26.2 Å². The number of hydrogen-bond acceptors (Lipinski definition) is 2. The van der Waals surface area contributed by atoms with Gasteiger partial charge in [0.25, 0.3) is 0 Å². The van der Waals surface area contributed by atoms with E-state index < -0.39 is 0 Å². The molecule has 1 aromatic carbocycles. The maximum absolute atomic E-state index is 11.9. The molecule has 1 atom stereocenters. The first-order valence-corrected chi connectivity index (χ1v) is 6.56. The molecule has 0 saturated carbocycles. The Balaban J connectivity index is 1.70. The molecule has 1 heterocycles. The summed E-state index contributed by atoms with van der Waals surface area (Å²) in [6.45, 7) is 5.79. The molecule has 1 aliphatic rings. The molecule has 0 aromatic heterocycles. The van der Waals surface area contributed by atoms with E-state index in [1.807, 2.05) is 30.3 Å².